The highest BCUT2D eigenvalue weighted by Gasteiger charge is 2.34. The number of hydrogen-bond acceptors (Lipinski definition) is 3. The maximum atomic E-state index is 3.53. The number of aryl methyl sites for hydroxylation is 1. The molecule has 2 heterocycles. The van der Waals surface area contributed by atoms with Gasteiger partial charge in [0.2, 0.25) is 0 Å². The minimum atomic E-state index is 0.565. The Bertz CT molecular complexity index is 455. The van der Waals surface area contributed by atoms with Gasteiger partial charge in [-0.25, -0.2) is 0 Å². The molecule has 1 aromatic rings. The lowest BCUT2D eigenvalue weighted by Crippen LogP contribution is -2.60. The molecule has 104 valence electrons. The molecule has 1 N–H and O–H groups in total. The van der Waals surface area contributed by atoms with Gasteiger partial charge < -0.3 is 15.1 Å². The molecule has 0 bridgehead atoms. The molecule has 1 fully saturated rings. The molecule has 0 radical (unpaired) electrons. The van der Waals surface area contributed by atoms with Gasteiger partial charge in [-0.2, -0.15) is 0 Å². The number of anilines is 2. The average molecular weight is 259 g/mol. The van der Waals surface area contributed by atoms with Crippen LogP contribution in [0.15, 0.2) is 18.2 Å². The summed E-state index contributed by atoms with van der Waals surface area (Å²) in [7, 11) is 0. The largest absolute Gasteiger partial charge is 0.365 e. The molecule has 1 unspecified atom stereocenters. The second-order valence-electron chi connectivity index (χ2n) is 5.94. The molecule has 0 aromatic heterocycles. The summed E-state index contributed by atoms with van der Waals surface area (Å²) in [6.45, 7) is 11.4. The van der Waals surface area contributed by atoms with Crippen molar-refractivity contribution in [2.24, 2.45) is 0 Å². The standard InChI is InChI=1S/C16H25N3/c1-4-13-6-5-7-15-16(13)19(12(2)3)11-14-10-17-8-9-18(14)15/h5-7,12,14,17H,4,8-11H2,1-3H3. The monoisotopic (exact) mass is 259 g/mol. The number of hydrogen-bond donors (Lipinski definition) is 1. The minimum absolute atomic E-state index is 0.565. The first kappa shape index (κ1) is 12.8. The fraction of sp³-hybridized carbons (Fsp3) is 0.625. The average Bonchev–Trinajstić information content (AvgIpc) is 2.45. The van der Waals surface area contributed by atoms with Crippen molar-refractivity contribution in [3.05, 3.63) is 23.8 Å². The summed E-state index contributed by atoms with van der Waals surface area (Å²) >= 11 is 0. The first-order valence-electron chi connectivity index (χ1n) is 7.58. The number of rotatable bonds is 2. The molecular weight excluding hydrogens is 234 g/mol. The zero-order valence-electron chi connectivity index (χ0n) is 12.3. The van der Waals surface area contributed by atoms with Crippen LogP contribution in [0.25, 0.3) is 0 Å². The molecule has 1 atom stereocenters. The van der Waals surface area contributed by atoms with E-state index < -0.39 is 0 Å². The number of piperazine rings is 1. The molecule has 1 saturated heterocycles. The quantitative estimate of drug-likeness (QED) is 0.879. The molecule has 19 heavy (non-hydrogen) atoms. The molecule has 0 amide bonds. The first-order chi connectivity index (χ1) is 9.22. The number of benzene rings is 1. The summed E-state index contributed by atoms with van der Waals surface area (Å²) in [6.07, 6.45) is 1.11. The maximum Gasteiger partial charge on any atom is 0.0639 e. The van der Waals surface area contributed by atoms with Crippen molar-refractivity contribution >= 4 is 11.4 Å². The van der Waals surface area contributed by atoms with Gasteiger partial charge in [0.15, 0.2) is 0 Å². The van der Waals surface area contributed by atoms with E-state index in [2.05, 4.69) is 54.1 Å². The van der Waals surface area contributed by atoms with E-state index in [1.807, 2.05) is 0 Å². The molecule has 0 saturated carbocycles. The van der Waals surface area contributed by atoms with Crippen LogP contribution in [0.5, 0.6) is 0 Å². The summed E-state index contributed by atoms with van der Waals surface area (Å²) in [6, 6.07) is 8.00. The highest BCUT2D eigenvalue weighted by molar-refractivity contribution is 5.78. The van der Waals surface area contributed by atoms with Crippen molar-refractivity contribution in [2.75, 3.05) is 36.0 Å². The molecule has 1 aromatic carbocycles. The van der Waals surface area contributed by atoms with E-state index in [-0.39, 0.29) is 0 Å². The zero-order chi connectivity index (χ0) is 13.4. The van der Waals surface area contributed by atoms with Crippen LogP contribution in [-0.4, -0.2) is 38.3 Å². The van der Waals surface area contributed by atoms with Crippen LogP contribution in [0.2, 0.25) is 0 Å². The predicted octanol–water partition coefficient (Wildman–Crippen LogP) is 2.26. The third kappa shape index (κ3) is 2.10. The molecule has 3 rings (SSSR count). The fourth-order valence-electron chi connectivity index (χ4n) is 3.45. The second-order valence-corrected chi connectivity index (χ2v) is 5.94. The molecule has 2 aliphatic heterocycles. The van der Waals surface area contributed by atoms with Crippen LogP contribution in [0.3, 0.4) is 0 Å². The smallest absolute Gasteiger partial charge is 0.0639 e. The second kappa shape index (κ2) is 5.04. The Morgan fingerprint density at radius 2 is 2.21 bits per heavy atom. The number of para-hydroxylation sites is 1. The third-order valence-corrected chi connectivity index (χ3v) is 4.46. The van der Waals surface area contributed by atoms with Crippen molar-refractivity contribution in [1.29, 1.82) is 0 Å². The van der Waals surface area contributed by atoms with Crippen LogP contribution in [0.1, 0.15) is 26.3 Å². The van der Waals surface area contributed by atoms with E-state index in [9.17, 15) is 0 Å². The van der Waals surface area contributed by atoms with Gasteiger partial charge in [-0.3, -0.25) is 0 Å². The Labute approximate surface area is 116 Å². The Hall–Kier alpha value is -1.22. The molecule has 3 nitrogen and oxygen atoms in total. The Morgan fingerprint density at radius 3 is 2.95 bits per heavy atom. The van der Waals surface area contributed by atoms with E-state index in [4.69, 9.17) is 0 Å². The lowest BCUT2D eigenvalue weighted by atomic mass is 9.98. The lowest BCUT2D eigenvalue weighted by Gasteiger charge is -2.49. The SMILES string of the molecule is CCc1cccc2c1N(C(C)C)CC1CNCCN21. The van der Waals surface area contributed by atoms with Gasteiger partial charge in [0.05, 0.1) is 17.4 Å². The summed E-state index contributed by atoms with van der Waals surface area (Å²) < 4.78 is 0. The van der Waals surface area contributed by atoms with Crippen molar-refractivity contribution < 1.29 is 0 Å². The summed E-state index contributed by atoms with van der Waals surface area (Å²) in [5.41, 5.74) is 4.42. The Kier molecular flexibility index (Phi) is 3.40. The van der Waals surface area contributed by atoms with Gasteiger partial charge >= 0.3 is 0 Å². The number of nitrogens with zero attached hydrogens (tertiary/aromatic N) is 2. The van der Waals surface area contributed by atoms with Crippen molar-refractivity contribution in [2.45, 2.75) is 39.3 Å². The van der Waals surface area contributed by atoms with Crippen LogP contribution in [-0.2, 0) is 6.42 Å². The Morgan fingerprint density at radius 1 is 1.37 bits per heavy atom. The summed E-state index contributed by atoms with van der Waals surface area (Å²) in [5, 5.41) is 3.53. The molecular formula is C16H25N3. The molecule has 3 heteroatoms. The number of nitrogens with one attached hydrogen (secondary N) is 1. The van der Waals surface area contributed by atoms with E-state index in [1.54, 1.807) is 0 Å². The van der Waals surface area contributed by atoms with Gasteiger partial charge in [-0.1, -0.05) is 19.1 Å². The first-order valence-corrected chi connectivity index (χ1v) is 7.58. The van der Waals surface area contributed by atoms with Crippen molar-refractivity contribution in [1.82, 2.24) is 5.32 Å². The molecule has 0 aliphatic carbocycles. The predicted molar refractivity (Wildman–Crippen MR) is 82.3 cm³/mol. The maximum absolute atomic E-state index is 3.53. The van der Waals surface area contributed by atoms with E-state index >= 15 is 0 Å². The van der Waals surface area contributed by atoms with Gasteiger partial charge in [0.1, 0.15) is 0 Å². The van der Waals surface area contributed by atoms with E-state index in [0.717, 1.165) is 32.6 Å². The summed E-state index contributed by atoms with van der Waals surface area (Å²) in [4.78, 5) is 5.21. The highest BCUT2D eigenvalue weighted by Crippen LogP contribution is 2.39. The third-order valence-electron chi connectivity index (χ3n) is 4.46. The van der Waals surface area contributed by atoms with Gasteiger partial charge in [-0.15, -0.1) is 0 Å². The topological polar surface area (TPSA) is 18.5 Å². The van der Waals surface area contributed by atoms with Crippen LogP contribution >= 0.6 is 0 Å². The van der Waals surface area contributed by atoms with Crippen LogP contribution in [0, 0.1) is 0 Å². The van der Waals surface area contributed by atoms with Crippen LogP contribution < -0.4 is 15.1 Å². The van der Waals surface area contributed by atoms with Crippen LogP contribution in [0.4, 0.5) is 11.4 Å². The minimum Gasteiger partial charge on any atom is -0.365 e. The van der Waals surface area contributed by atoms with E-state index in [1.165, 1.54) is 16.9 Å². The molecule has 2 aliphatic rings. The highest BCUT2D eigenvalue weighted by atomic mass is 15.3. The van der Waals surface area contributed by atoms with Gasteiger partial charge in [-0.05, 0) is 31.9 Å². The Balaban J connectivity index is 2.09. The van der Waals surface area contributed by atoms with Crippen molar-refractivity contribution in [3.8, 4) is 0 Å². The zero-order valence-corrected chi connectivity index (χ0v) is 12.3. The van der Waals surface area contributed by atoms with E-state index in [0.29, 0.717) is 12.1 Å². The van der Waals surface area contributed by atoms with Gasteiger partial charge in [0, 0.05) is 32.2 Å². The fourth-order valence-corrected chi connectivity index (χ4v) is 3.45. The normalized spacial score (nSPS) is 22.4. The number of fused-ring (bicyclic) bond motifs is 3. The molecule has 0 spiro atoms. The van der Waals surface area contributed by atoms with Gasteiger partial charge in [0.25, 0.3) is 0 Å². The summed E-state index contributed by atoms with van der Waals surface area (Å²) in [5.74, 6) is 0. The van der Waals surface area contributed by atoms with Crippen molar-refractivity contribution in [3.63, 3.8) is 0 Å². The lowest BCUT2D eigenvalue weighted by molar-refractivity contribution is 0.448.